The Balaban J connectivity index is 0.00000128. The van der Waals surface area contributed by atoms with Crippen molar-refractivity contribution in [1.29, 1.82) is 0 Å². The summed E-state index contributed by atoms with van der Waals surface area (Å²) >= 11 is 0. The molecule has 1 fully saturated rings. The van der Waals surface area contributed by atoms with E-state index in [0.29, 0.717) is 12.0 Å². The Hall–Kier alpha value is -0.570. The standard InChI is InChI=1S/C13H20N2.ClH/c1-10(2)11-3-5-12(6-4-11)13-9-14-7-8-15-13;/h3-6,10,13-15H,7-9H2,1-2H3;1H/t13-;/m0./s1. The third-order valence-electron chi connectivity index (χ3n) is 3.05. The van der Waals surface area contributed by atoms with Gasteiger partial charge in [-0.05, 0) is 17.0 Å². The summed E-state index contributed by atoms with van der Waals surface area (Å²) < 4.78 is 0. The molecule has 16 heavy (non-hydrogen) atoms. The van der Waals surface area contributed by atoms with Gasteiger partial charge in [0, 0.05) is 25.7 Å². The maximum Gasteiger partial charge on any atom is 0.0447 e. The molecule has 0 spiro atoms. The van der Waals surface area contributed by atoms with Gasteiger partial charge < -0.3 is 10.6 Å². The van der Waals surface area contributed by atoms with E-state index in [-0.39, 0.29) is 12.4 Å². The molecule has 1 aromatic carbocycles. The Morgan fingerprint density at radius 3 is 2.31 bits per heavy atom. The lowest BCUT2D eigenvalue weighted by atomic mass is 9.98. The Morgan fingerprint density at radius 1 is 1.12 bits per heavy atom. The summed E-state index contributed by atoms with van der Waals surface area (Å²) in [4.78, 5) is 0. The van der Waals surface area contributed by atoms with Gasteiger partial charge in [0.05, 0.1) is 0 Å². The number of nitrogens with one attached hydrogen (secondary N) is 2. The number of rotatable bonds is 2. The largest absolute Gasteiger partial charge is 0.314 e. The Morgan fingerprint density at radius 2 is 1.81 bits per heavy atom. The zero-order valence-corrected chi connectivity index (χ0v) is 10.8. The Kier molecular flexibility index (Phi) is 5.26. The zero-order valence-electron chi connectivity index (χ0n) is 9.99. The third kappa shape index (κ3) is 3.21. The van der Waals surface area contributed by atoms with Crippen LogP contribution in [0.15, 0.2) is 24.3 Å². The van der Waals surface area contributed by atoms with Crippen molar-refractivity contribution >= 4 is 12.4 Å². The van der Waals surface area contributed by atoms with E-state index in [0.717, 1.165) is 19.6 Å². The van der Waals surface area contributed by atoms with E-state index in [1.54, 1.807) is 0 Å². The van der Waals surface area contributed by atoms with Crippen molar-refractivity contribution in [1.82, 2.24) is 10.6 Å². The average Bonchev–Trinajstić information content (AvgIpc) is 2.30. The van der Waals surface area contributed by atoms with Crippen LogP contribution in [0.3, 0.4) is 0 Å². The molecule has 1 heterocycles. The number of hydrogen-bond donors (Lipinski definition) is 2. The molecular weight excluding hydrogens is 220 g/mol. The molecular formula is C13H21ClN2. The monoisotopic (exact) mass is 240 g/mol. The molecule has 0 aromatic heterocycles. The smallest absolute Gasteiger partial charge is 0.0447 e. The molecule has 0 unspecified atom stereocenters. The first kappa shape index (κ1) is 13.5. The van der Waals surface area contributed by atoms with Crippen LogP contribution in [0, 0.1) is 0 Å². The molecule has 2 rings (SSSR count). The lowest BCUT2D eigenvalue weighted by molar-refractivity contribution is 0.430. The third-order valence-corrected chi connectivity index (χ3v) is 3.05. The minimum absolute atomic E-state index is 0. The summed E-state index contributed by atoms with van der Waals surface area (Å²) in [7, 11) is 0. The van der Waals surface area contributed by atoms with Gasteiger partial charge in [-0.15, -0.1) is 12.4 Å². The Labute approximate surface area is 104 Å². The van der Waals surface area contributed by atoms with Gasteiger partial charge in [0.25, 0.3) is 0 Å². The van der Waals surface area contributed by atoms with E-state index < -0.39 is 0 Å². The van der Waals surface area contributed by atoms with Crippen LogP contribution >= 0.6 is 12.4 Å². The summed E-state index contributed by atoms with van der Waals surface area (Å²) in [6.45, 7) is 7.66. The molecule has 1 aliphatic heterocycles. The first-order valence-electron chi connectivity index (χ1n) is 5.81. The van der Waals surface area contributed by atoms with Gasteiger partial charge in [-0.1, -0.05) is 38.1 Å². The fourth-order valence-corrected chi connectivity index (χ4v) is 2.00. The van der Waals surface area contributed by atoms with E-state index in [4.69, 9.17) is 0 Å². The van der Waals surface area contributed by atoms with Crippen LogP contribution in [0.25, 0.3) is 0 Å². The number of piperazine rings is 1. The van der Waals surface area contributed by atoms with Crippen molar-refractivity contribution in [2.45, 2.75) is 25.8 Å². The second kappa shape index (κ2) is 6.24. The van der Waals surface area contributed by atoms with Crippen molar-refractivity contribution < 1.29 is 0 Å². The highest BCUT2D eigenvalue weighted by Gasteiger charge is 2.13. The van der Waals surface area contributed by atoms with Gasteiger partial charge in [0.15, 0.2) is 0 Å². The van der Waals surface area contributed by atoms with Crippen molar-refractivity contribution in [3.8, 4) is 0 Å². The second-order valence-corrected chi connectivity index (χ2v) is 4.53. The molecule has 1 saturated heterocycles. The van der Waals surface area contributed by atoms with Gasteiger partial charge in [-0.3, -0.25) is 0 Å². The number of benzene rings is 1. The molecule has 1 aliphatic rings. The minimum atomic E-state index is 0. The molecule has 90 valence electrons. The number of hydrogen-bond acceptors (Lipinski definition) is 2. The maximum absolute atomic E-state index is 3.52. The highest BCUT2D eigenvalue weighted by atomic mass is 35.5. The SMILES string of the molecule is CC(C)c1ccc([C@@H]2CNCCN2)cc1.Cl. The molecule has 2 N–H and O–H groups in total. The van der Waals surface area contributed by atoms with Crippen LogP contribution in [-0.4, -0.2) is 19.6 Å². The minimum Gasteiger partial charge on any atom is -0.314 e. The van der Waals surface area contributed by atoms with Gasteiger partial charge in [-0.25, -0.2) is 0 Å². The lowest BCUT2D eigenvalue weighted by Crippen LogP contribution is -2.42. The molecule has 2 nitrogen and oxygen atoms in total. The maximum atomic E-state index is 3.52. The zero-order chi connectivity index (χ0) is 10.7. The van der Waals surface area contributed by atoms with Crippen LogP contribution in [-0.2, 0) is 0 Å². The normalized spacial score (nSPS) is 20.6. The van der Waals surface area contributed by atoms with Gasteiger partial charge >= 0.3 is 0 Å². The summed E-state index contributed by atoms with van der Waals surface area (Å²) in [6, 6.07) is 9.48. The predicted octanol–water partition coefficient (Wildman–Crippen LogP) is 2.47. The van der Waals surface area contributed by atoms with E-state index in [1.807, 2.05) is 0 Å². The molecule has 0 saturated carbocycles. The highest BCUT2D eigenvalue weighted by molar-refractivity contribution is 5.85. The highest BCUT2D eigenvalue weighted by Crippen LogP contribution is 2.18. The van der Waals surface area contributed by atoms with Gasteiger partial charge in [0.1, 0.15) is 0 Å². The van der Waals surface area contributed by atoms with Crippen molar-refractivity contribution in [2.24, 2.45) is 0 Å². The van der Waals surface area contributed by atoms with Crippen LogP contribution in [0.5, 0.6) is 0 Å². The fourth-order valence-electron chi connectivity index (χ4n) is 2.00. The number of halogens is 1. The van der Waals surface area contributed by atoms with Gasteiger partial charge in [-0.2, -0.15) is 0 Å². The predicted molar refractivity (Wildman–Crippen MR) is 71.4 cm³/mol. The molecule has 0 radical (unpaired) electrons. The van der Waals surface area contributed by atoms with E-state index in [2.05, 4.69) is 48.7 Å². The molecule has 0 aliphatic carbocycles. The van der Waals surface area contributed by atoms with E-state index in [1.165, 1.54) is 11.1 Å². The van der Waals surface area contributed by atoms with E-state index >= 15 is 0 Å². The lowest BCUT2D eigenvalue weighted by Gasteiger charge is -2.25. The van der Waals surface area contributed by atoms with Crippen molar-refractivity contribution in [2.75, 3.05) is 19.6 Å². The first-order chi connectivity index (χ1) is 7.27. The summed E-state index contributed by atoms with van der Waals surface area (Å²) in [6.07, 6.45) is 0. The second-order valence-electron chi connectivity index (χ2n) is 4.53. The van der Waals surface area contributed by atoms with Crippen LogP contribution in [0.1, 0.15) is 36.9 Å². The van der Waals surface area contributed by atoms with Crippen LogP contribution in [0.2, 0.25) is 0 Å². The summed E-state index contributed by atoms with van der Waals surface area (Å²) in [5.41, 5.74) is 2.81. The van der Waals surface area contributed by atoms with Crippen LogP contribution in [0.4, 0.5) is 0 Å². The topological polar surface area (TPSA) is 24.1 Å². The fraction of sp³-hybridized carbons (Fsp3) is 0.538. The molecule has 3 heteroatoms. The van der Waals surface area contributed by atoms with Gasteiger partial charge in [0.2, 0.25) is 0 Å². The van der Waals surface area contributed by atoms with Crippen molar-refractivity contribution in [3.63, 3.8) is 0 Å². The summed E-state index contributed by atoms with van der Waals surface area (Å²) in [5, 5.41) is 6.93. The van der Waals surface area contributed by atoms with Crippen molar-refractivity contribution in [3.05, 3.63) is 35.4 Å². The molecule has 1 atom stereocenters. The average molecular weight is 241 g/mol. The van der Waals surface area contributed by atoms with E-state index in [9.17, 15) is 0 Å². The van der Waals surface area contributed by atoms with Crippen LogP contribution < -0.4 is 10.6 Å². The molecule has 0 bridgehead atoms. The first-order valence-corrected chi connectivity index (χ1v) is 5.81. The quantitative estimate of drug-likeness (QED) is 0.830. The summed E-state index contributed by atoms with van der Waals surface area (Å²) in [5.74, 6) is 0.622. The molecule has 1 aromatic rings. The molecule has 0 amide bonds. The Bertz CT molecular complexity index is 302.